The maximum absolute atomic E-state index is 14.0. The molecular weight excluding hydrogens is 488 g/mol. The number of ketones is 2. The van der Waals surface area contributed by atoms with Crippen LogP contribution in [0.1, 0.15) is 51.9 Å². The van der Waals surface area contributed by atoms with Crippen molar-refractivity contribution in [3.05, 3.63) is 75.9 Å². The summed E-state index contributed by atoms with van der Waals surface area (Å²) in [7, 11) is 0. The van der Waals surface area contributed by atoms with Crippen LogP contribution in [0.4, 0.5) is 32.0 Å². The largest absolute Gasteiger partial charge is 0.417 e. The van der Waals surface area contributed by atoms with Gasteiger partial charge in [0, 0.05) is 23.7 Å². The van der Waals surface area contributed by atoms with Gasteiger partial charge in [0.15, 0.2) is 11.6 Å². The molecule has 5 rings (SSSR count). The van der Waals surface area contributed by atoms with E-state index in [0.717, 1.165) is 24.6 Å². The van der Waals surface area contributed by atoms with E-state index in [0.29, 0.717) is 18.5 Å². The molecule has 0 aromatic heterocycles. The summed E-state index contributed by atoms with van der Waals surface area (Å²) in [5.41, 5.74) is -3.37. The molecule has 1 aliphatic carbocycles. The highest BCUT2D eigenvalue weighted by Crippen LogP contribution is 2.44. The summed E-state index contributed by atoms with van der Waals surface area (Å²) < 4.78 is 82.3. The fraction of sp³-hybridized carbons (Fsp3) is 0.385. The van der Waals surface area contributed by atoms with Gasteiger partial charge in [-0.05, 0) is 55.0 Å². The van der Waals surface area contributed by atoms with Gasteiger partial charge in [-0.15, -0.1) is 0 Å². The second-order valence-corrected chi connectivity index (χ2v) is 9.44. The van der Waals surface area contributed by atoms with E-state index in [4.69, 9.17) is 0 Å². The van der Waals surface area contributed by atoms with Crippen LogP contribution in [-0.4, -0.2) is 34.9 Å². The molecule has 2 bridgehead atoms. The molecule has 0 saturated carbocycles. The van der Waals surface area contributed by atoms with Crippen molar-refractivity contribution in [2.75, 3.05) is 4.90 Å². The fourth-order valence-corrected chi connectivity index (χ4v) is 5.73. The zero-order valence-corrected chi connectivity index (χ0v) is 18.8. The Kier molecular flexibility index (Phi) is 5.77. The third kappa shape index (κ3) is 4.11. The molecule has 2 aliphatic heterocycles. The van der Waals surface area contributed by atoms with Crippen LogP contribution in [0, 0.1) is 0 Å². The molecule has 2 saturated heterocycles. The molecule has 2 aromatic rings. The van der Waals surface area contributed by atoms with Crippen LogP contribution < -0.4 is 4.90 Å². The summed E-state index contributed by atoms with van der Waals surface area (Å²) in [6.07, 6.45) is -8.05. The number of anilines is 1. The summed E-state index contributed by atoms with van der Waals surface area (Å²) in [4.78, 5) is 27.6. The lowest BCUT2D eigenvalue weighted by Gasteiger charge is -2.26. The van der Waals surface area contributed by atoms with Crippen molar-refractivity contribution in [3.8, 4) is 0 Å². The number of rotatable bonds is 4. The summed E-state index contributed by atoms with van der Waals surface area (Å²) in [6.45, 7) is 0. The third-order valence-corrected chi connectivity index (χ3v) is 7.31. The maximum Gasteiger partial charge on any atom is 0.417 e. The maximum atomic E-state index is 14.0. The number of hydrogen-bond acceptors (Lipinski definition) is 4. The van der Waals surface area contributed by atoms with Crippen molar-refractivity contribution in [1.82, 2.24) is 0 Å². The number of halogens is 6. The molecule has 10 heteroatoms. The number of allylic oxidation sites excluding steroid dienone is 2. The van der Waals surface area contributed by atoms with Crippen LogP contribution in [-0.2, 0) is 30.0 Å². The van der Waals surface area contributed by atoms with Gasteiger partial charge >= 0.3 is 12.4 Å². The summed E-state index contributed by atoms with van der Waals surface area (Å²) >= 11 is 0. The topological polar surface area (TPSA) is 57.6 Å². The number of fused-ring (bicyclic) bond motifs is 3. The van der Waals surface area contributed by atoms with E-state index in [1.54, 1.807) is 4.90 Å². The average Bonchev–Trinajstić information content (AvgIpc) is 3.34. The number of alkyl halides is 6. The molecule has 190 valence electrons. The minimum atomic E-state index is -4.83. The molecule has 0 amide bonds. The number of benzene rings is 2. The van der Waals surface area contributed by atoms with Crippen LogP contribution in [0.3, 0.4) is 0 Å². The van der Waals surface area contributed by atoms with Gasteiger partial charge in [-0.25, -0.2) is 0 Å². The molecule has 2 heterocycles. The number of carbonyl (C=O) groups excluding carboxylic acids is 2. The quantitative estimate of drug-likeness (QED) is 0.449. The number of carbonyl (C=O) groups is 2. The van der Waals surface area contributed by atoms with Crippen LogP contribution >= 0.6 is 0 Å². The Morgan fingerprint density at radius 2 is 1.72 bits per heavy atom. The van der Waals surface area contributed by atoms with Crippen LogP contribution in [0.15, 0.2) is 48.0 Å². The molecule has 3 aliphatic rings. The van der Waals surface area contributed by atoms with Gasteiger partial charge in [0.25, 0.3) is 0 Å². The molecule has 2 unspecified atom stereocenters. The number of Topliss-reactive ketones (excluding diaryl/α,β-unsaturated/α-hetero) is 2. The van der Waals surface area contributed by atoms with Gasteiger partial charge in [0.05, 0.1) is 28.8 Å². The Labute approximate surface area is 202 Å². The Balaban J connectivity index is 1.45. The van der Waals surface area contributed by atoms with E-state index >= 15 is 0 Å². The summed E-state index contributed by atoms with van der Waals surface area (Å²) in [6, 6.07) is 6.50. The fourth-order valence-electron chi connectivity index (χ4n) is 5.73. The highest BCUT2D eigenvalue weighted by Gasteiger charge is 2.46. The second-order valence-electron chi connectivity index (χ2n) is 9.44. The van der Waals surface area contributed by atoms with E-state index in [1.807, 2.05) is 0 Å². The predicted molar refractivity (Wildman–Crippen MR) is 118 cm³/mol. The lowest BCUT2D eigenvalue weighted by atomic mass is 9.84. The van der Waals surface area contributed by atoms with E-state index in [1.165, 1.54) is 24.3 Å². The van der Waals surface area contributed by atoms with E-state index in [9.17, 15) is 41.0 Å². The van der Waals surface area contributed by atoms with E-state index < -0.39 is 58.7 Å². The van der Waals surface area contributed by atoms with Gasteiger partial charge in [-0.1, -0.05) is 24.3 Å². The van der Waals surface area contributed by atoms with Gasteiger partial charge in [-0.3, -0.25) is 9.59 Å². The first-order valence-electron chi connectivity index (χ1n) is 11.5. The van der Waals surface area contributed by atoms with Gasteiger partial charge in [0.2, 0.25) is 0 Å². The standard InChI is InChI=1S/C26H21F6NO3/c27-25(28,29)18-3-1-2-13-5-8-17(24(36)23(13)18)21(34)10-14-4-6-15(11-19(14)26(30,31)32)33-16-7-9-20(33)22(35)12-16/h1-4,6,8,11,16,20,22,35H,5,7,9-10,12H2/t16?,20?,22-/m1/s1. The van der Waals surface area contributed by atoms with Gasteiger partial charge in [0.1, 0.15) is 0 Å². The molecule has 4 nitrogen and oxygen atoms in total. The highest BCUT2D eigenvalue weighted by atomic mass is 19.4. The normalized spacial score (nSPS) is 23.6. The Hall–Kier alpha value is -3.14. The first-order valence-corrected chi connectivity index (χ1v) is 11.5. The van der Waals surface area contributed by atoms with Gasteiger partial charge < -0.3 is 10.0 Å². The first kappa shape index (κ1) is 24.5. The molecule has 1 N–H and O–H groups in total. The van der Waals surface area contributed by atoms with Crippen molar-refractivity contribution >= 4 is 17.3 Å². The summed E-state index contributed by atoms with van der Waals surface area (Å²) in [5, 5.41) is 10.1. The first-order chi connectivity index (χ1) is 16.9. The zero-order valence-electron chi connectivity index (χ0n) is 18.8. The Bertz CT molecular complexity index is 1280. The molecule has 0 spiro atoms. The number of aliphatic hydroxyl groups excluding tert-OH is 1. The van der Waals surface area contributed by atoms with Crippen LogP contribution in [0.5, 0.6) is 0 Å². The molecule has 3 atom stereocenters. The molecule has 2 fully saturated rings. The lowest BCUT2D eigenvalue weighted by Crippen LogP contribution is -2.32. The molecule has 36 heavy (non-hydrogen) atoms. The van der Waals surface area contributed by atoms with Crippen molar-refractivity contribution < 1.29 is 41.0 Å². The molecule has 0 radical (unpaired) electrons. The minimum absolute atomic E-state index is 0.0634. The number of hydrogen-bond donors (Lipinski definition) is 1. The lowest BCUT2D eigenvalue weighted by molar-refractivity contribution is -0.139. The van der Waals surface area contributed by atoms with E-state index in [2.05, 4.69) is 0 Å². The smallest absolute Gasteiger partial charge is 0.391 e. The third-order valence-electron chi connectivity index (χ3n) is 7.31. The highest BCUT2D eigenvalue weighted by molar-refractivity contribution is 6.28. The Morgan fingerprint density at radius 3 is 2.33 bits per heavy atom. The van der Waals surface area contributed by atoms with Crippen LogP contribution in [0.2, 0.25) is 0 Å². The minimum Gasteiger partial charge on any atom is -0.391 e. The second kappa shape index (κ2) is 8.47. The summed E-state index contributed by atoms with van der Waals surface area (Å²) in [5.74, 6) is -2.11. The average molecular weight is 509 g/mol. The van der Waals surface area contributed by atoms with Crippen LogP contribution in [0.25, 0.3) is 0 Å². The molecular formula is C26H21F6NO3. The van der Waals surface area contributed by atoms with Crippen molar-refractivity contribution in [1.29, 1.82) is 0 Å². The van der Waals surface area contributed by atoms with Crippen molar-refractivity contribution in [3.63, 3.8) is 0 Å². The monoisotopic (exact) mass is 509 g/mol. The number of aliphatic hydroxyl groups is 1. The number of nitrogens with zero attached hydrogens (tertiary/aromatic N) is 1. The Morgan fingerprint density at radius 1 is 1.00 bits per heavy atom. The molecule has 2 aromatic carbocycles. The van der Waals surface area contributed by atoms with Crippen molar-refractivity contribution in [2.24, 2.45) is 0 Å². The van der Waals surface area contributed by atoms with Crippen molar-refractivity contribution in [2.45, 2.75) is 62.6 Å². The SMILES string of the molecule is O=C(Cc1ccc(N2C3CCC2[C@H](O)C3)cc1C(F)(F)F)C1=CCc2cccc(C(F)(F)F)c2C1=O. The predicted octanol–water partition coefficient (Wildman–Crippen LogP) is 5.30. The van der Waals surface area contributed by atoms with Gasteiger partial charge in [-0.2, -0.15) is 26.3 Å². The zero-order chi connectivity index (χ0) is 26.0. The van der Waals surface area contributed by atoms with E-state index in [-0.39, 0.29) is 29.6 Å².